The van der Waals surface area contributed by atoms with Crippen molar-refractivity contribution in [3.05, 3.63) is 65.7 Å². The van der Waals surface area contributed by atoms with Crippen LogP contribution in [-0.4, -0.2) is 36.9 Å². The van der Waals surface area contributed by atoms with E-state index in [1.165, 1.54) is 0 Å². The highest BCUT2D eigenvalue weighted by Crippen LogP contribution is 2.16. The first kappa shape index (κ1) is 16.2. The summed E-state index contributed by atoms with van der Waals surface area (Å²) in [5.74, 6) is 0.767. The molecule has 0 aliphatic rings. The molecule has 0 aliphatic carbocycles. The summed E-state index contributed by atoms with van der Waals surface area (Å²) in [4.78, 5) is 14.7. The van der Waals surface area contributed by atoms with E-state index in [0.29, 0.717) is 17.7 Å². The van der Waals surface area contributed by atoms with Gasteiger partial charge in [0, 0.05) is 17.7 Å². The summed E-state index contributed by atoms with van der Waals surface area (Å²) in [6.07, 6.45) is 0. The fourth-order valence-corrected chi connectivity index (χ4v) is 2.32. The van der Waals surface area contributed by atoms with E-state index in [4.69, 9.17) is 4.74 Å². The smallest absolute Gasteiger partial charge is 0.193 e. The molecule has 0 saturated heterocycles. The van der Waals surface area contributed by atoms with Crippen molar-refractivity contribution in [2.45, 2.75) is 13.8 Å². The second-order valence-corrected chi connectivity index (χ2v) is 5.10. The van der Waals surface area contributed by atoms with Gasteiger partial charge in [-0.25, -0.2) is 0 Å². The summed E-state index contributed by atoms with van der Waals surface area (Å²) in [5.41, 5.74) is 1.36. The Hall–Kier alpha value is -2.13. The maximum Gasteiger partial charge on any atom is 0.193 e. The van der Waals surface area contributed by atoms with Crippen molar-refractivity contribution in [2.24, 2.45) is 0 Å². The van der Waals surface area contributed by atoms with E-state index in [0.717, 1.165) is 25.4 Å². The number of hydrogen-bond acceptors (Lipinski definition) is 3. The Morgan fingerprint density at radius 2 is 1.64 bits per heavy atom. The van der Waals surface area contributed by atoms with Crippen molar-refractivity contribution in [3.63, 3.8) is 0 Å². The van der Waals surface area contributed by atoms with Crippen LogP contribution in [0, 0.1) is 0 Å². The zero-order valence-electron chi connectivity index (χ0n) is 13.3. The van der Waals surface area contributed by atoms with Gasteiger partial charge in [-0.1, -0.05) is 56.3 Å². The molecular weight excluding hydrogens is 274 g/mol. The fraction of sp³-hybridized carbons (Fsp3) is 0.316. The van der Waals surface area contributed by atoms with E-state index < -0.39 is 0 Å². The van der Waals surface area contributed by atoms with Crippen molar-refractivity contribution >= 4 is 5.78 Å². The molecule has 3 heteroatoms. The van der Waals surface area contributed by atoms with Gasteiger partial charge in [-0.15, -0.1) is 0 Å². The van der Waals surface area contributed by atoms with E-state index >= 15 is 0 Å². The average molecular weight is 297 g/mol. The van der Waals surface area contributed by atoms with Gasteiger partial charge >= 0.3 is 0 Å². The molecule has 0 spiro atoms. The molecule has 0 heterocycles. The van der Waals surface area contributed by atoms with Gasteiger partial charge < -0.3 is 9.64 Å². The number of nitrogens with zero attached hydrogens (tertiary/aromatic N) is 1. The lowest BCUT2D eigenvalue weighted by Crippen LogP contribution is -2.27. The Morgan fingerprint density at radius 3 is 2.32 bits per heavy atom. The van der Waals surface area contributed by atoms with Gasteiger partial charge in [0.1, 0.15) is 12.4 Å². The third-order valence-corrected chi connectivity index (χ3v) is 3.70. The lowest BCUT2D eigenvalue weighted by atomic mass is 10.0. The van der Waals surface area contributed by atoms with Crippen LogP contribution in [0.4, 0.5) is 0 Å². The summed E-state index contributed by atoms with van der Waals surface area (Å²) in [6.45, 7) is 7.85. The molecule has 0 fully saturated rings. The van der Waals surface area contributed by atoms with Crippen LogP contribution in [0.25, 0.3) is 0 Å². The van der Waals surface area contributed by atoms with Gasteiger partial charge in [0.05, 0.1) is 0 Å². The molecule has 0 aliphatic heterocycles. The first-order valence-corrected chi connectivity index (χ1v) is 7.79. The Bertz CT molecular complexity index is 591. The normalized spacial score (nSPS) is 10.7. The monoisotopic (exact) mass is 297 g/mol. The molecular formula is C19H23NO2. The molecule has 0 radical (unpaired) electrons. The highest BCUT2D eigenvalue weighted by atomic mass is 16.5. The molecule has 22 heavy (non-hydrogen) atoms. The van der Waals surface area contributed by atoms with Crippen molar-refractivity contribution in [1.82, 2.24) is 4.90 Å². The Morgan fingerprint density at radius 1 is 0.955 bits per heavy atom. The van der Waals surface area contributed by atoms with Crippen LogP contribution in [0.3, 0.4) is 0 Å². The van der Waals surface area contributed by atoms with Crippen molar-refractivity contribution < 1.29 is 9.53 Å². The number of rotatable bonds is 8. The average Bonchev–Trinajstić information content (AvgIpc) is 2.59. The fourth-order valence-electron chi connectivity index (χ4n) is 2.32. The minimum Gasteiger partial charge on any atom is -0.492 e. The molecule has 0 aromatic heterocycles. The first-order chi connectivity index (χ1) is 10.7. The second kappa shape index (κ2) is 8.35. The molecule has 2 aromatic carbocycles. The number of benzene rings is 2. The quantitative estimate of drug-likeness (QED) is 0.697. The van der Waals surface area contributed by atoms with Crippen molar-refractivity contribution in [2.75, 3.05) is 26.2 Å². The zero-order chi connectivity index (χ0) is 15.8. The van der Waals surface area contributed by atoms with E-state index in [-0.39, 0.29) is 5.78 Å². The lowest BCUT2D eigenvalue weighted by molar-refractivity contribution is 0.103. The minimum atomic E-state index is 0.0230. The molecule has 3 nitrogen and oxygen atoms in total. The predicted octanol–water partition coefficient (Wildman–Crippen LogP) is 3.64. The number of likely N-dealkylation sites (N-methyl/N-ethyl adjacent to an activating group) is 1. The standard InChI is InChI=1S/C19H23NO2/c1-3-20(4-2)13-14-22-18-12-8-11-17(15-18)19(21)16-9-6-5-7-10-16/h5-12,15H,3-4,13-14H2,1-2H3. The van der Waals surface area contributed by atoms with Crippen LogP contribution in [0.2, 0.25) is 0 Å². The van der Waals surface area contributed by atoms with Gasteiger partial charge in [-0.2, -0.15) is 0 Å². The Balaban J connectivity index is 1.99. The molecule has 0 bridgehead atoms. The van der Waals surface area contributed by atoms with Crippen LogP contribution >= 0.6 is 0 Å². The highest BCUT2D eigenvalue weighted by Gasteiger charge is 2.09. The molecule has 0 amide bonds. The number of ketones is 1. The van der Waals surface area contributed by atoms with Crippen LogP contribution in [0.1, 0.15) is 29.8 Å². The SMILES string of the molecule is CCN(CC)CCOc1cccc(C(=O)c2ccccc2)c1. The van der Waals surface area contributed by atoms with Crippen LogP contribution < -0.4 is 4.74 Å². The van der Waals surface area contributed by atoms with Gasteiger partial charge in [-0.3, -0.25) is 4.79 Å². The topological polar surface area (TPSA) is 29.5 Å². The summed E-state index contributed by atoms with van der Waals surface area (Å²) >= 11 is 0. The molecule has 2 aromatic rings. The highest BCUT2D eigenvalue weighted by molar-refractivity contribution is 6.09. The second-order valence-electron chi connectivity index (χ2n) is 5.10. The Kier molecular flexibility index (Phi) is 6.16. The largest absolute Gasteiger partial charge is 0.492 e. The summed E-state index contributed by atoms with van der Waals surface area (Å²) < 4.78 is 5.77. The summed E-state index contributed by atoms with van der Waals surface area (Å²) in [6, 6.07) is 16.7. The maximum atomic E-state index is 12.4. The van der Waals surface area contributed by atoms with Gasteiger partial charge in [0.15, 0.2) is 5.78 Å². The third kappa shape index (κ3) is 4.43. The third-order valence-electron chi connectivity index (χ3n) is 3.70. The van der Waals surface area contributed by atoms with Gasteiger partial charge in [0.2, 0.25) is 0 Å². The molecule has 2 rings (SSSR count). The van der Waals surface area contributed by atoms with E-state index in [9.17, 15) is 4.79 Å². The van der Waals surface area contributed by atoms with E-state index in [1.807, 2.05) is 54.6 Å². The zero-order valence-corrected chi connectivity index (χ0v) is 13.3. The van der Waals surface area contributed by atoms with Gasteiger partial charge in [0.25, 0.3) is 0 Å². The van der Waals surface area contributed by atoms with Gasteiger partial charge in [-0.05, 0) is 25.2 Å². The van der Waals surface area contributed by atoms with E-state index in [2.05, 4.69) is 18.7 Å². The van der Waals surface area contributed by atoms with Crippen molar-refractivity contribution in [1.29, 1.82) is 0 Å². The lowest BCUT2D eigenvalue weighted by Gasteiger charge is -2.18. The number of hydrogen-bond donors (Lipinski definition) is 0. The van der Waals surface area contributed by atoms with Crippen LogP contribution in [0.5, 0.6) is 5.75 Å². The molecule has 0 saturated carbocycles. The van der Waals surface area contributed by atoms with Crippen molar-refractivity contribution in [3.8, 4) is 5.75 Å². The molecule has 0 N–H and O–H groups in total. The number of carbonyl (C=O) groups excluding carboxylic acids is 1. The molecule has 0 atom stereocenters. The van der Waals surface area contributed by atoms with Crippen LogP contribution in [-0.2, 0) is 0 Å². The number of carbonyl (C=O) groups is 1. The summed E-state index contributed by atoms with van der Waals surface area (Å²) in [7, 11) is 0. The minimum absolute atomic E-state index is 0.0230. The van der Waals surface area contributed by atoms with Crippen LogP contribution in [0.15, 0.2) is 54.6 Å². The maximum absolute atomic E-state index is 12.4. The number of ether oxygens (including phenoxy) is 1. The predicted molar refractivity (Wildman–Crippen MR) is 89.6 cm³/mol. The first-order valence-electron chi connectivity index (χ1n) is 7.79. The van der Waals surface area contributed by atoms with E-state index in [1.54, 1.807) is 0 Å². The Labute approximate surface area is 132 Å². The molecule has 0 unspecified atom stereocenters. The summed E-state index contributed by atoms with van der Waals surface area (Å²) in [5, 5.41) is 0. The molecule has 116 valence electrons.